The van der Waals surface area contributed by atoms with Gasteiger partial charge in [-0.15, -0.1) is 0 Å². The van der Waals surface area contributed by atoms with E-state index in [-0.39, 0.29) is 30.6 Å². The van der Waals surface area contributed by atoms with Crippen LogP contribution < -0.4 is 9.80 Å². The monoisotopic (exact) mass is 665 g/mol. The molecule has 0 N–H and O–H groups in total. The molecule has 46 heavy (non-hydrogen) atoms. The third-order valence-electron chi connectivity index (χ3n) is 9.33. The predicted octanol–water partition coefficient (Wildman–Crippen LogP) is 7.48. The van der Waals surface area contributed by atoms with Crippen LogP contribution in [0.5, 0.6) is 0 Å². The molecule has 6 rings (SSSR count). The lowest BCUT2D eigenvalue weighted by Gasteiger charge is -2.37. The summed E-state index contributed by atoms with van der Waals surface area (Å²) in [6.45, 7) is 6.26. The van der Waals surface area contributed by atoms with Gasteiger partial charge in [0.2, 0.25) is 0 Å². The van der Waals surface area contributed by atoms with Gasteiger partial charge in [-0.05, 0) is 61.9 Å². The molecule has 1 aliphatic carbocycles. The first-order valence-electron chi connectivity index (χ1n) is 15.7. The Morgan fingerprint density at radius 2 is 1.78 bits per heavy atom. The molecule has 13 heteroatoms. The normalized spacial score (nSPS) is 22.4. The summed E-state index contributed by atoms with van der Waals surface area (Å²) in [5, 5.41) is 4.77. The molecule has 2 aliphatic heterocycles. The molecule has 0 amide bonds. The molecule has 3 fully saturated rings. The molecule has 7 nitrogen and oxygen atoms in total. The molecular formula is C33H37ClF5N5O2. The number of nitrogens with zero attached hydrogens (tertiary/aromatic N) is 5. The number of halogens is 6. The quantitative estimate of drug-likeness (QED) is 0.175. The van der Waals surface area contributed by atoms with Crippen LogP contribution in [0.4, 0.5) is 33.3 Å². The number of ether oxygens (including phenoxy) is 1. The Hall–Kier alpha value is -3.38. The van der Waals surface area contributed by atoms with Crippen molar-refractivity contribution in [3.63, 3.8) is 0 Å². The molecule has 2 saturated heterocycles. The molecule has 3 atom stereocenters. The molecule has 3 aromatic rings. The second-order valence-corrected chi connectivity index (χ2v) is 12.7. The van der Waals surface area contributed by atoms with Crippen LogP contribution >= 0.6 is 11.6 Å². The first-order chi connectivity index (χ1) is 22.0. The predicted molar refractivity (Wildman–Crippen MR) is 167 cm³/mol. The number of anilines is 2. The Labute approximate surface area is 269 Å². The van der Waals surface area contributed by atoms with E-state index in [1.165, 1.54) is 10.9 Å². The minimum atomic E-state index is -4.08. The van der Waals surface area contributed by atoms with Gasteiger partial charge in [0.15, 0.2) is 0 Å². The number of aromatic nitrogens is 2. The molecular weight excluding hydrogens is 629 g/mol. The van der Waals surface area contributed by atoms with Crippen LogP contribution in [0.25, 0.3) is 11.1 Å². The molecule has 248 valence electrons. The van der Waals surface area contributed by atoms with Crippen molar-refractivity contribution in [2.45, 2.75) is 44.8 Å². The van der Waals surface area contributed by atoms with Gasteiger partial charge in [-0.1, -0.05) is 29.8 Å². The van der Waals surface area contributed by atoms with Gasteiger partial charge in [-0.2, -0.15) is 18.3 Å². The van der Waals surface area contributed by atoms with Gasteiger partial charge in [0.1, 0.15) is 11.3 Å². The van der Waals surface area contributed by atoms with E-state index in [9.17, 15) is 26.7 Å². The third kappa shape index (κ3) is 6.97. The number of hydrogen-bond donors (Lipinski definition) is 0. The number of carbonyl (C=O) groups excluding carboxylic acids is 1. The van der Waals surface area contributed by atoms with Gasteiger partial charge in [0.05, 0.1) is 24.8 Å². The summed E-state index contributed by atoms with van der Waals surface area (Å²) < 4.78 is 73.4. The zero-order valence-corrected chi connectivity index (χ0v) is 26.3. The minimum absolute atomic E-state index is 0.0775. The van der Waals surface area contributed by atoms with E-state index in [1.807, 2.05) is 30.3 Å². The van der Waals surface area contributed by atoms with Crippen molar-refractivity contribution in [3.05, 3.63) is 64.9 Å². The fourth-order valence-corrected chi connectivity index (χ4v) is 7.02. The van der Waals surface area contributed by atoms with Crippen LogP contribution in [0.2, 0.25) is 5.02 Å². The topological polar surface area (TPSA) is 53.8 Å². The Bertz CT molecular complexity index is 1520. The van der Waals surface area contributed by atoms with Crippen LogP contribution in [0.15, 0.2) is 48.7 Å². The fraction of sp³-hybridized carbons (Fsp3) is 0.515. The van der Waals surface area contributed by atoms with Crippen molar-refractivity contribution in [2.24, 2.45) is 11.8 Å². The smallest absolute Gasteiger partial charge is 0.392 e. The lowest BCUT2D eigenvalue weighted by molar-refractivity contribution is -0.151. The van der Waals surface area contributed by atoms with E-state index in [2.05, 4.69) is 31.9 Å². The molecule has 0 radical (unpaired) electrons. The first-order valence-corrected chi connectivity index (χ1v) is 16.1. The number of piperazine rings is 1. The highest BCUT2D eigenvalue weighted by atomic mass is 35.5. The maximum absolute atomic E-state index is 14.2. The molecule has 3 heterocycles. The number of benzene rings is 2. The van der Waals surface area contributed by atoms with E-state index >= 15 is 0 Å². The Kier molecular flexibility index (Phi) is 9.48. The Balaban J connectivity index is 1.15. The van der Waals surface area contributed by atoms with E-state index in [1.54, 1.807) is 6.92 Å². The molecule has 2 aromatic carbocycles. The zero-order valence-electron chi connectivity index (χ0n) is 25.5. The van der Waals surface area contributed by atoms with Crippen molar-refractivity contribution >= 4 is 28.9 Å². The average molecular weight is 666 g/mol. The second kappa shape index (κ2) is 13.4. The van der Waals surface area contributed by atoms with Gasteiger partial charge >= 0.3 is 12.1 Å². The molecule has 1 saturated carbocycles. The van der Waals surface area contributed by atoms with Crippen molar-refractivity contribution < 1.29 is 31.5 Å². The number of esters is 1. The summed E-state index contributed by atoms with van der Waals surface area (Å²) in [6.07, 6.45) is -4.20. The maximum atomic E-state index is 14.2. The highest BCUT2D eigenvalue weighted by Crippen LogP contribution is 2.50. The van der Waals surface area contributed by atoms with Crippen molar-refractivity contribution in [1.82, 2.24) is 14.7 Å². The van der Waals surface area contributed by atoms with Crippen molar-refractivity contribution in [3.8, 4) is 11.1 Å². The van der Waals surface area contributed by atoms with Crippen LogP contribution in [0, 0.1) is 11.8 Å². The van der Waals surface area contributed by atoms with E-state index in [0.29, 0.717) is 31.1 Å². The molecule has 1 aromatic heterocycles. The highest BCUT2D eigenvalue weighted by molar-refractivity contribution is 6.31. The number of hydrogen-bond acceptors (Lipinski definition) is 6. The SMILES string of the molecule is CCOC(=O)c1cnn(C2CCCN(c3cc(Cl)ccc3-c3ccc(N4CCN(CC5CC5C(F)(F)F)CC4)cc3)C2)c1C(F)F. The van der Waals surface area contributed by atoms with Crippen molar-refractivity contribution in [1.29, 1.82) is 0 Å². The summed E-state index contributed by atoms with van der Waals surface area (Å²) in [7, 11) is 0. The van der Waals surface area contributed by atoms with E-state index in [0.717, 1.165) is 55.1 Å². The van der Waals surface area contributed by atoms with Crippen LogP contribution in [0.3, 0.4) is 0 Å². The van der Waals surface area contributed by atoms with Gasteiger partial charge in [-0.25, -0.2) is 13.6 Å². The number of carbonyl (C=O) groups is 1. The fourth-order valence-electron chi connectivity index (χ4n) is 6.85. The average Bonchev–Trinajstić information content (AvgIpc) is 3.68. The maximum Gasteiger partial charge on any atom is 0.392 e. The summed E-state index contributed by atoms with van der Waals surface area (Å²) in [5.41, 5.74) is 3.22. The molecule has 3 unspecified atom stereocenters. The van der Waals surface area contributed by atoms with Gasteiger partial charge in [0, 0.05) is 67.8 Å². The first kappa shape index (κ1) is 32.6. The van der Waals surface area contributed by atoms with Gasteiger partial charge < -0.3 is 14.5 Å². The standard InChI is InChI=1S/C33H37ClF5N5O2/c1-2-46-32(45)27-18-40-44(30(27)31(35)36)25-4-3-11-43(20-25)29-17-23(34)7-10-26(29)21-5-8-24(9-6-21)42-14-12-41(13-15-42)19-22-16-28(22)33(37,38)39/h5-10,17-18,22,25,28,31H,2-4,11-16,19-20H2,1H3. The molecule has 3 aliphatic rings. The summed E-state index contributed by atoms with van der Waals surface area (Å²) in [5.74, 6) is -2.23. The molecule has 0 spiro atoms. The second-order valence-electron chi connectivity index (χ2n) is 12.3. The largest absolute Gasteiger partial charge is 0.462 e. The van der Waals surface area contributed by atoms with Gasteiger partial charge in [-0.3, -0.25) is 9.58 Å². The zero-order chi connectivity index (χ0) is 32.6. The lowest BCUT2D eigenvalue weighted by Crippen LogP contribution is -2.47. The van der Waals surface area contributed by atoms with Crippen LogP contribution in [-0.4, -0.2) is 79.2 Å². The number of piperidine rings is 1. The third-order valence-corrected chi connectivity index (χ3v) is 9.57. The number of alkyl halides is 5. The van der Waals surface area contributed by atoms with E-state index in [4.69, 9.17) is 16.3 Å². The Morgan fingerprint density at radius 1 is 1.04 bits per heavy atom. The minimum Gasteiger partial charge on any atom is -0.462 e. The highest BCUT2D eigenvalue weighted by Gasteiger charge is 2.55. The molecule has 0 bridgehead atoms. The summed E-state index contributed by atoms with van der Waals surface area (Å²) in [6, 6.07) is 13.5. The van der Waals surface area contributed by atoms with Gasteiger partial charge in [0.25, 0.3) is 6.43 Å². The number of rotatable bonds is 9. The van der Waals surface area contributed by atoms with Crippen LogP contribution in [-0.2, 0) is 4.74 Å². The van der Waals surface area contributed by atoms with E-state index < -0.39 is 30.2 Å². The summed E-state index contributed by atoms with van der Waals surface area (Å²) >= 11 is 6.45. The summed E-state index contributed by atoms with van der Waals surface area (Å²) in [4.78, 5) is 18.9. The lowest BCUT2D eigenvalue weighted by atomic mass is 9.99. The van der Waals surface area contributed by atoms with Crippen LogP contribution in [0.1, 0.15) is 54.7 Å². The Morgan fingerprint density at radius 3 is 2.43 bits per heavy atom. The van der Waals surface area contributed by atoms with Crippen molar-refractivity contribution in [2.75, 3.05) is 62.2 Å².